The summed E-state index contributed by atoms with van der Waals surface area (Å²) in [5.74, 6) is 1.41. The Morgan fingerprint density at radius 2 is 2.11 bits per heavy atom. The molecular weight excluding hydrogens is 352 g/mol. The lowest BCUT2D eigenvalue weighted by atomic mass is 10.0. The molecule has 0 bridgehead atoms. The molecule has 6 nitrogen and oxygen atoms in total. The van der Waals surface area contributed by atoms with Gasteiger partial charge in [-0.2, -0.15) is 0 Å². The molecule has 0 aliphatic carbocycles. The van der Waals surface area contributed by atoms with E-state index in [1.54, 1.807) is 13.2 Å². The minimum absolute atomic E-state index is 0.0482. The molecule has 1 aliphatic heterocycles. The van der Waals surface area contributed by atoms with E-state index in [0.717, 1.165) is 50.0 Å². The van der Waals surface area contributed by atoms with E-state index in [4.69, 9.17) is 4.74 Å². The van der Waals surface area contributed by atoms with E-state index in [9.17, 15) is 4.79 Å². The first-order chi connectivity index (χ1) is 13.6. The average Bonchev–Trinajstić information content (AvgIpc) is 2.69. The van der Waals surface area contributed by atoms with Crippen LogP contribution in [0, 0.1) is 6.92 Å². The Bertz CT molecular complexity index is 809. The van der Waals surface area contributed by atoms with Crippen LogP contribution in [-0.4, -0.2) is 47.0 Å². The number of aryl methyl sites for hydroxylation is 2. The number of benzene rings is 1. The van der Waals surface area contributed by atoms with Crippen molar-refractivity contribution >= 4 is 11.9 Å². The zero-order chi connectivity index (χ0) is 19.9. The van der Waals surface area contributed by atoms with Gasteiger partial charge in [-0.05, 0) is 50.5 Å². The largest absolute Gasteiger partial charge is 0.497 e. The van der Waals surface area contributed by atoms with Gasteiger partial charge in [-0.3, -0.25) is 4.79 Å². The lowest BCUT2D eigenvalue weighted by Crippen LogP contribution is -2.42. The van der Waals surface area contributed by atoms with E-state index in [1.807, 2.05) is 36.1 Å². The number of carbonyl (C=O) groups is 1. The van der Waals surface area contributed by atoms with Crippen molar-refractivity contribution in [3.63, 3.8) is 0 Å². The molecule has 1 N–H and O–H groups in total. The van der Waals surface area contributed by atoms with Gasteiger partial charge < -0.3 is 15.0 Å². The molecule has 1 aromatic carbocycles. The van der Waals surface area contributed by atoms with Gasteiger partial charge in [0.05, 0.1) is 7.11 Å². The molecule has 2 aromatic rings. The van der Waals surface area contributed by atoms with Crippen molar-refractivity contribution in [2.45, 2.75) is 52.0 Å². The zero-order valence-corrected chi connectivity index (χ0v) is 17.1. The van der Waals surface area contributed by atoms with Crippen LogP contribution in [0.5, 0.6) is 5.75 Å². The Labute approximate surface area is 167 Å². The number of likely N-dealkylation sites (tertiary alicyclic amines) is 1. The Kier molecular flexibility index (Phi) is 6.85. The average molecular weight is 383 g/mol. The van der Waals surface area contributed by atoms with Crippen LogP contribution in [0.3, 0.4) is 0 Å². The number of amides is 1. The minimum Gasteiger partial charge on any atom is -0.497 e. The van der Waals surface area contributed by atoms with Gasteiger partial charge in [-0.1, -0.05) is 25.8 Å². The Morgan fingerprint density at radius 1 is 1.25 bits per heavy atom. The molecule has 0 radical (unpaired) electrons. The number of carbonyl (C=O) groups excluding carboxylic acids is 1. The first-order valence-corrected chi connectivity index (χ1v) is 10.1. The summed E-state index contributed by atoms with van der Waals surface area (Å²) in [5, 5.41) is 3.48. The van der Waals surface area contributed by atoms with Gasteiger partial charge in [-0.15, -0.1) is 0 Å². The number of methoxy groups -OCH3 is 1. The number of hydrogen-bond donors (Lipinski definition) is 1. The van der Waals surface area contributed by atoms with Gasteiger partial charge in [0.15, 0.2) is 0 Å². The van der Waals surface area contributed by atoms with Crippen LogP contribution in [0.2, 0.25) is 0 Å². The second kappa shape index (κ2) is 9.53. The maximum atomic E-state index is 13.1. The molecule has 1 aliphatic rings. The summed E-state index contributed by atoms with van der Waals surface area (Å²) in [6, 6.07) is 9.53. The van der Waals surface area contributed by atoms with Crippen LogP contribution in [-0.2, 0) is 6.42 Å². The normalized spacial score (nSPS) is 17.5. The lowest BCUT2D eigenvalue weighted by molar-refractivity contribution is 0.0735. The van der Waals surface area contributed by atoms with Crippen molar-refractivity contribution < 1.29 is 9.53 Å². The molecule has 2 heterocycles. The van der Waals surface area contributed by atoms with E-state index in [2.05, 4.69) is 22.2 Å². The van der Waals surface area contributed by atoms with Crippen LogP contribution in [0.1, 0.15) is 54.4 Å². The SMILES string of the molecule is CCc1cc(C)nc(NC2CCCCCN(C(=O)c3cccc(OC)c3)C2)n1. The Balaban J connectivity index is 1.75. The van der Waals surface area contributed by atoms with Crippen molar-refractivity contribution in [1.82, 2.24) is 14.9 Å². The molecular formula is C22H30N4O2. The van der Waals surface area contributed by atoms with Gasteiger partial charge in [-0.25, -0.2) is 9.97 Å². The summed E-state index contributed by atoms with van der Waals surface area (Å²) in [5.41, 5.74) is 2.66. The molecule has 1 amide bonds. The maximum absolute atomic E-state index is 13.1. The van der Waals surface area contributed by atoms with E-state index in [0.29, 0.717) is 23.8 Å². The third-order valence-corrected chi connectivity index (χ3v) is 5.13. The molecule has 0 spiro atoms. The molecule has 0 saturated carbocycles. The number of ether oxygens (including phenoxy) is 1. The first kappa shape index (κ1) is 20.1. The van der Waals surface area contributed by atoms with Gasteiger partial charge in [0.2, 0.25) is 5.95 Å². The number of aromatic nitrogens is 2. The van der Waals surface area contributed by atoms with Gasteiger partial charge in [0.1, 0.15) is 5.75 Å². The van der Waals surface area contributed by atoms with Crippen molar-refractivity contribution in [1.29, 1.82) is 0 Å². The van der Waals surface area contributed by atoms with Crippen LogP contribution in [0.15, 0.2) is 30.3 Å². The fourth-order valence-electron chi connectivity index (χ4n) is 3.62. The molecule has 1 atom stereocenters. The topological polar surface area (TPSA) is 67.4 Å². The minimum atomic E-state index is 0.0482. The molecule has 3 rings (SSSR count). The van der Waals surface area contributed by atoms with E-state index < -0.39 is 0 Å². The van der Waals surface area contributed by atoms with Crippen molar-refractivity contribution in [2.75, 3.05) is 25.5 Å². The number of hydrogen-bond acceptors (Lipinski definition) is 5. The van der Waals surface area contributed by atoms with Crippen LogP contribution in [0.4, 0.5) is 5.95 Å². The predicted molar refractivity (Wildman–Crippen MR) is 111 cm³/mol. The van der Waals surface area contributed by atoms with E-state index >= 15 is 0 Å². The molecule has 150 valence electrons. The van der Waals surface area contributed by atoms with Crippen LogP contribution >= 0.6 is 0 Å². The third kappa shape index (κ3) is 5.21. The number of anilines is 1. The summed E-state index contributed by atoms with van der Waals surface area (Å²) in [7, 11) is 1.62. The molecule has 1 fully saturated rings. The molecule has 6 heteroatoms. The first-order valence-electron chi connectivity index (χ1n) is 10.1. The van der Waals surface area contributed by atoms with Crippen LogP contribution < -0.4 is 10.1 Å². The Morgan fingerprint density at radius 3 is 2.89 bits per heavy atom. The van der Waals surface area contributed by atoms with Gasteiger partial charge in [0.25, 0.3) is 5.91 Å². The summed E-state index contributed by atoms with van der Waals surface area (Å²) in [6.45, 7) is 5.50. The standard InChI is InChI=1S/C22H30N4O2/c1-4-18-13-16(2)23-22(24-18)25-19-10-6-5-7-12-26(15-19)21(27)17-9-8-11-20(14-17)28-3/h8-9,11,13-14,19H,4-7,10,12,15H2,1-3H3,(H,23,24,25). The Hall–Kier alpha value is -2.63. The maximum Gasteiger partial charge on any atom is 0.254 e. The van der Waals surface area contributed by atoms with E-state index in [-0.39, 0.29) is 11.9 Å². The zero-order valence-electron chi connectivity index (χ0n) is 17.1. The summed E-state index contributed by atoms with van der Waals surface area (Å²) in [6.07, 6.45) is 5.17. The number of rotatable bonds is 5. The van der Waals surface area contributed by atoms with Gasteiger partial charge >= 0.3 is 0 Å². The molecule has 1 saturated heterocycles. The lowest BCUT2D eigenvalue weighted by Gasteiger charge is -2.31. The third-order valence-electron chi connectivity index (χ3n) is 5.13. The fraction of sp³-hybridized carbons (Fsp3) is 0.500. The molecule has 28 heavy (non-hydrogen) atoms. The summed E-state index contributed by atoms with van der Waals surface area (Å²) < 4.78 is 5.27. The second-order valence-corrected chi connectivity index (χ2v) is 7.35. The van der Waals surface area contributed by atoms with Gasteiger partial charge in [0, 0.05) is 36.1 Å². The highest BCUT2D eigenvalue weighted by molar-refractivity contribution is 5.94. The monoisotopic (exact) mass is 382 g/mol. The summed E-state index contributed by atoms with van der Waals surface area (Å²) in [4.78, 5) is 24.2. The van der Waals surface area contributed by atoms with Crippen molar-refractivity contribution in [3.05, 3.63) is 47.3 Å². The highest BCUT2D eigenvalue weighted by Gasteiger charge is 2.23. The quantitative estimate of drug-likeness (QED) is 0.851. The fourth-order valence-corrected chi connectivity index (χ4v) is 3.62. The second-order valence-electron chi connectivity index (χ2n) is 7.35. The van der Waals surface area contributed by atoms with Crippen molar-refractivity contribution in [3.8, 4) is 5.75 Å². The number of nitrogens with zero attached hydrogens (tertiary/aromatic N) is 3. The van der Waals surface area contributed by atoms with Crippen molar-refractivity contribution in [2.24, 2.45) is 0 Å². The molecule has 1 aromatic heterocycles. The number of nitrogens with one attached hydrogen (secondary N) is 1. The van der Waals surface area contributed by atoms with E-state index in [1.165, 1.54) is 0 Å². The van der Waals surface area contributed by atoms with Crippen LogP contribution in [0.25, 0.3) is 0 Å². The molecule has 1 unspecified atom stereocenters. The predicted octanol–water partition coefficient (Wildman–Crippen LogP) is 3.85. The highest BCUT2D eigenvalue weighted by atomic mass is 16.5. The highest BCUT2D eigenvalue weighted by Crippen LogP contribution is 2.19. The smallest absolute Gasteiger partial charge is 0.254 e. The summed E-state index contributed by atoms with van der Waals surface area (Å²) >= 11 is 0.